The van der Waals surface area contributed by atoms with Gasteiger partial charge in [-0.1, -0.05) is 41.1 Å². The summed E-state index contributed by atoms with van der Waals surface area (Å²) in [5.41, 5.74) is 1.24. The van der Waals surface area contributed by atoms with E-state index in [1.165, 1.54) is 5.56 Å². The molecule has 0 amide bonds. The van der Waals surface area contributed by atoms with Crippen LogP contribution < -0.4 is 5.32 Å². The lowest BCUT2D eigenvalue weighted by Gasteiger charge is -2.17. The van der Waals surface area contributed by atoms with E-state index in [1.54, 1.807) is 11.3 Å². The second kappa shape index (κ2) is 5.57. The van der Waals surface area contributed by atoms with Crippen LogP contribution in [0.4, 0.5) is 0 Å². The molecule has 0 saturated heterocycles. The highest BCUT2D eigenvalue weighted by Gasteiger charge is 2.17. The van der Waals surface area contributed by atoms with E-state index < -0.39 is 0 Å². The zero-order valence-electron chi connectivity index (χ0n) is 8.98. The highest BCUT2D eigenvalue weighted by Crippen LogP contribution is 2.29. The second-order valence-electron chi connectivity index (χ2n) is 3.38. The van der Waals surface area contributed by atoms with E-state index in [0.29, 0.717) is 0 Å². The van der Waals surface area contributed by atoms with Gasteiger partial charge in [0.15, 0.2) is 0 Å². The lowest BCUT2D eigenvalue weighted by atomic mass is 10.1. The molecule has 0 aliphatic rings. The van der Waals surface area contributed by atoms with Crippen molar-refractivity contribution < 1.29 is 0 Å². The lowest BCUT2D eigenvalue weighted by molar-refractivity contribution is 0.625. The van der Waals surface area contributed by atoms with Gasteiger partial charge in [-0.05, 0) is 18.2 Å². The Labute approximate surface area is 108 Å². The molecule has 1 aromatic heterocycles. The molecular formula is C12H13BrN2S. The third-order valence-corrected chi connectivity index (χ3v) is 3.89. The van der Waals surface area contributed by atoms with E-state index in [2.05, 4.69) is 51.4 Å². The Hall–Kier alpha value is -0.710. The average molecular weight is 297 g/mol. The van der Waals surface area contributed by atoms with Crippen molar-refractivity contribution in [3.05, 3.63) is 50.9 Å². The standard InChI is InChI=1S/C12H13BrN2S/c1-2-14-11(12-15-7-8-16-12)9-5-3-4-6-10(9)13/h3-8,11,14H,2H2,1H3. The number of halogens is 1. The highest BCUT2D eigenvalue weighted by atomic mass is 79.9. The number of nitrogens with zero attached hydrogens (tertiary/aromatic N) is 1. The van der Waals surface area contributed by atoms with E-state index in [9.17, 15) is 0 Å². The van der Waals surface area contributed by atoms with Gasteiger partial charge in [0.05, 0.1) is 6.04 Å². The van der Waals surface area contributed by atoms with Crippen LogP contribution in [0.15, 0.2) is 40.3 Å². The van der Waals surface area contributed by atoms with E-state index in [-0.39, 0.29) is 6.04 Å². The SMILES string of the molecule is CCNC(c1nccs1)c1ccccc1Br. The third kappa shape index (κ3) is 2.51. The van der Waals surface area contributed by atoms with E-state index in [0.717, 1.165) is 16.0 Å². The van der Waals surface area contributed by atoms with Gasteiger partial charge in [-0.3, -0.25) is 0 Å². The Morgan fingerprint density at radius 3 is 2.88 bits per heavy atom. The molecular weight excluding hydrogens is 284 g/mol. The molecule has 2 aromatic rings. The van der Waals surface area contributed by atoms with E-state index in [4.69, 9.17) is 0 Å². The first-order valence-corrected chi connectivity index (χ1v) is 6.87. The Balaban J connectivity index is 2.37. The number of aromatic nitrogens is 1. The maximum atomic E-state index is 4.39. The number of hydrogen-bond donors (Lipinski definition) is 1. The van der Waals surface area contributed by atoms with Crippen LogP contribution in [0.5, 0.6) is 0 Å². The van der Waals surface area contributed by atoms with Crippen LogP contribution in [-0.2, 0) is 0 Å². The van der Waals surface area contributed by atoms with Crippen molar-refractivity contribution in [2.24, 2.45) is 0 Å². The largest absolute Gasteiger partial charge is 0.305 e. The van der Waals surface area contributed by atoms with Crippen LogP contribution in [0.1, 0.15) is 23.5 Å². The van der Waals surface area contributed by atoms with Crippen molar-refractivity contribution >= 4 is 27.3 Å². The van der Waals surface area contributed by atoms with Crippen molar-refractivity contribution in [1.82, 2.24) is 10.3 Å². The summed E-state index contributed by atoms with van der Waals surface area (Å²) in [6, 6.07) is 8.45. The lowest BCUT2D eigenvalue weighted by Crippen LogP contribution is -2.22. The Bertz CT molecular complexity index is 442. The van der Waals surface area contributed by atoms with Gasteiger partial charge < -0.3 is 5.32 Å². The summed E-state index contributed by atoms with van der Waals surface area (Å²) in [6.45, 7) is 3.03. The monoisotopic (exact) mass is 296 g/mol. The Morgan fingerprint density at radius 1 is 1.44 bits per heavy atom. The van der Waals surface area contributed by atoms with Gasteiger partial charge in [0.1, 0.15) is 5.01 Å². The number of rotatable bonds is 4. The molecule has 0 radical (unpaired) electrons. The van der Waals surface area contributed by atoms with E-state index >= 15 is 0 Å². The molecule has 1 atom stereocenters. The highest BCUT2D eigenvalue weighted by molar-refractivity contribution is 9.10. The minimum absolute atomic E-state index is 0.181. The van der Waals surface area contributed by atoms with Crippen LogP contribution in [0.2, 0.25) is 0 Å². The molecule has 1 unspecified atom stereocenters. The second-order valence-corrected chi connectivity index (χ2v) is 5.16. The minimum Gasteiger partial charge on any atom is -0.305 e. The molecule has 2 nitrogen and oxygen atoms in total. The normalized spacial score (nSPS) is 12.6. The van der Waals surface area contributed by atoms with Crippen LogP contribution in [0.25, 0.3) is 0 Å². The predicted molar refractivity (Wildman–Crippen MR) is 71.8 cm³/mol. The maximum Gasteiger partial charge on any atom is 0.114 e. The molecule has 16 heavy (non-hydrogen) atoms. The number of benzene rings is 1. The van der Waals surface area contributed by atoms with Gasteiger partial charge >= 0.3 is 0 Å². The first kappa shape index (κ1) is 11.8. The molecule has 0 fully saturated rings. The molecule has 1 heterocycles. The fourth-order valence-electron chi connectivity index (χ4n) is 1.62. The van der Waals surface area contributed by atoms with Gasteiger partial charge in [-0.25, -0.2) is 4.98 Å². The fourth-order valence-corrected chi connectivity index (χ4v) is 2.86. The quantitative estimate of drug-likeness (QED) is 0.932. The summed E-state index contributed by atoms with van der Waals surface area (Å²) in [5.74, 6) is 0. The zero-order chi connectivity index (χ0) is 11.4. The molecule has 0 spiro atoms. The van der Waals surface area contributed by atoms with E-state index in [1.807, 2.05) is 17.6 Å². The van der Waals surface area contributed by atoms with Crippen LogP contribution in [-0.4, -0.2) is 11.5 Å². The summed E-state index contributed by atoms with van der Waals surface area (Å²) in [6.07, 6.45) is 1.85. The van der Waals surface area contributed by atoms with Crippen LogP contribution in [0.3, 0.4) is 0 Å². The van der Waals surface area contributed by atoms with Gasteiger partial charge in [0.2, 0.25) is 0 Å². The minimum atomic E-state index is 0.181. The molecule has 2 rings (SSSR count). The van der Waals surface area contributed by atoms with Crippen molar-refractivity contribution in [3.8, 4) is 0 Å². The van der Waals surface area contributed by atoms with Crippen LogP contribution >= 0.6 is 27.3 Å². The summed E-state index contributed by atoms with van der Waals surface area (Å²) < 4.78 is 1.12. The zero-order valence-corrected chi connectivity index (χ0v) is 11.4. The van der Waals surface area contributed by atoms with Crippen molar-refractivity contribution in [1.29, 1.82) is 0 Å². The van der Waals surface area contributed by atoms with Gasteiger partial charge in [-0.15, -0.1) is 11.3 Å². The molecule has 0 bridgehead atoms. The summed E-state index contributed by atoms with van der Waals surface area (Å²) in [4.78, 5) is 4.39. The first-order valence-electron chi connectivity index (χ1n) is 5.20. The number of hydrogen-bond acceptors (Lipinski definition) is 3. The summed E-state index contributed by atoms with van der Waals surface area (Å²) in [7, 11) is 0. The molecule has 0 saturated carbocycles. The Kier molecular flexibility index (Phi) is 4.09. The molecule has 4 heteroatoms. The van der Waals surface area contributed by atoms with Crippen LogP contribution in [0, 0.1) is 0 Å². The van der Waals surface area contributed by atoms with Gasteiger partial charge in [0.25, 0.3) is 0 Å². The third-order valence-electron chi connectivity index (χ3n) is 2.32. The Morgan fingerprint density at radius 2 is 2.25 bits per heavy atom. The predicted octanol–water partition coefficient (Wildman–Crippen LogP) is 3.60. The number of nitrogens with one attached hydrogen (secondary N) is 1. The number of thiazole rings is 1. The van der Waals surface area contributed by atoms with Gasteiger partial charge in [-0.2, -0.15) is 0 Å². The molecule has 0 aliphatic carbocycles. The fraction of sp³-hybridized carbons (Fsp3) is 0.250. The molecule has 1 N–H and O–H groups in total. The van der Waals surface area contributed by atoms with Crippen molar-refractivity contribution in [3.63, 3.8) is 0 Å². The van der Waals surface area contributed by atoms with Crippen molar-refractivity contribution in [2.45, 2.75) is 13.0 Å². The van der Waals surface area contributed by atoms with Gasteiger partial charge in [0, 0.05) is 16.0 Å². The summed E-state index contributed by atoms with van der Waals surface area (Å²) in [5, 5.41) is 6.58. The smallest absolute Gasteiger partial charge is 0.114 e. The molecule has 1 aromatic carbocycles. The summed E-state index contributed by atoms with van der Waals surface area (Å²) >= 11 is 5.27. The first-order chi connectivity index (χ1) is 7.83. The molecule has 84 valence electrons. The van der Waals surface area contributed by atoms with Crippen molar-refractivity contribution in [2.75, 3.05) is 6.54 Å². The average Bonchev–Trinajstić information content (AvgIpc) is 2.80. The molecule has 0 aliphatic heterocycles. The topological polar surface area (TPSA) is 24.9 Å². The maximum absolute atomic E-state index is 4.39.